The van der Waals surface area contributed by atoms with Gasteiger partial charge in [-0.25, -0.2) is 0 Å². The van der Waals surface area contributed by atoms with Crippen LogP contribution in [0, 0.1) is 11.8 Å². The SMILES string of the molecule is CCC(C)CC(N)CC1CCOCC1. The molecule has 1 aliphatic rings. The maximum absolute atomic E-state index is 6.14. The molecule has 0 aromatic heterocycles. The lowest BCUT2D eigenvalue weighted by atomic mass is 9.88. The molecule has 1 heterocycles. The van der Waals surface area contributed by atoms with Gasteiger partial charge in [0.2, 0.25) is 0 Å². The Bertz CT molecular complexity index is 143. The van der Waals surface area contributed by atoms with Gasteiger partial charge in [-0.15, -0.1) is 0 Å². The van der Waals surface area contributed by atoms with Crippen LogP contribution in [0.15, 0.2) is 0 Å². The summed E-state index contributed by atoms with van der Waals surface area (Å²) in [6, 6.07) is 0.410. The summed E-state index contributed by atoms with van der Waals surface area (Å²) in [4.78, 5) is 0. The molecule has 2 heteroatoms. The zero-order valence-corrected chi connectivity index (χ0v) is 9.67. The molecule has 2 nitrogen and oxygen atoms in total. The fourth-order valence-electron chi connectivity index (χ4n) is 2.19. The summed E-state index contributed by atoms with van der Waals surface area (Å²) >= 11 is 0. The zero-order valence-electron chi connectivity index (χ0n) is 9.67. The number of hydrogen-bond acceptors (Lipinski definition) is 2. The third-order valence-corrected chi connectivity index (χ3v) is 3.38. The lowest BCUT2D eigenvalue weighted by Crippen LogP contribution is -2.28. The third kappa shape index (κ3) is 4.43. The predicted molar refractivity (Wildman–Crippen MR) is 60.2 cm³/mol. The molecule has 0 aromatic rings. The van der Waals surface area contributed by atoms with Gasteiger partial charge in [-0.05, 0) is 37.5 Å². The molecule has 0 saturated carbocycles. The second kappa shape index (κ2) is 6.41. The highest BCUT2D eigenvalue weighted by Gasteiger charge is 2.17. The van der Waals surface area contributed by atoms with Crippen molar-refractivity contribution in [2.75, 3.05) is 13.2 Å². The van der Waals surface area contributed by atoms with Gasteiger partial charge in [0, 0.05) is 19.3 Å². The summed E-state index contributed by atoms with van der Waals surface area (Å²) in [5.41, 5.74) is 6.14. The van der Waals surface area contributed by atoms with Crippen molar-refractivity contribution in [3.05, 3.63) is 0 Å². The molecule has 1 fully saturated rings. The molecular weight excluding hydrogens is 174 g/mol. The first-order valence-electron chi connectivity index (χ1n) is 6.05. The predicted octanol–water partition coefficient (Wildman–Crippen LogP) is 2.57. The van der Waals surface area contributed by atoms with E-state index in [9.17, 15) is 0 Å². The van der Waals surface area contributed by atoms with E-state index in [0.29, 0.717) is 6.04 Å². The highest BCUT2D eigenvalue weighted by atomic mass is 16.5. The molecule has 2 unspecified atom stereocenters. The number of ether oxygens (including phenoxy) is 1. The van der Waals surface area contributed by atoms with Crippen LogP contribution in [-0.2, 0) is 4.74 Å². The normalized spacial score (nSPS) is 23.4. The molecule has 0 bridgehead atoms. The first kappa shape index (κ1) is 12.0. The van der Waals surface area contributed by atoms with Gasteiger partial charge in [0.25, 0.3) is 0 Å². The molecule has 14 heavy (non-hydrogen) atoms. The monoisotopic (exact) mass is 199 g/mol. The molecule has 1 saturated heterocycles. The molecule has 0 radical (unpaired) electrons. The van der Waals surface area contributed by atoms with E-state index < -0.39 is 0 Å². The average Bonchev–Trinajstić information content (AvgIpc) is 2.19. The van der Waals surface area contributed by atoms with Crippen molar-refractivity contribution in [3.63, 3.8) is 0 Å². The van der Waals surface area contributed by atoms with Crippen LogP contribution in [0.1, 0.15) is 46.0 Å². The van der Waals surface area contributed by atoms with Crippen LogP contribution in [0.2, 0.25) is 0 Å². The van der Waals surface area contributed by atoms with Gasteiger partial charge in [0.15, 0.2) is 0 Å². The fraction of sp³-hybridized carbons (Fsp3) is 1.00. The fourth-order valence-corrected chi connectivity index (χ4v) is 2.19. The Hall–Kier alpha value is -0.0800. The summed E-state index contributed by atoms with van der Waals surface area (Å²) in [6.45, 7) is 6.43. The van der Waals surface area contributed by atoms with Crippen molar-refractivity contribution in [1.29, 1.82) is 0 Å². The van der Waals surface area contributed by atoms with Gasteiger partial charge in [0.1, 0.15) is 0 Å². The van der Waals surface area contributed by atoms with Crippen molar-refractivity contribution in [1.82, 2.24) is 0 Å². The first-order valence-corrected chi connectivity index (χ1v) is 6.05. The first-order chi connectivity index (χ1) is 6.72. The third-order valence-electron chi connectivity index (χ3n) is 3.38. The van der Waals surface area contributed by atoms with Crippen LogP contribution < -0.4 is 5.73 Å². The number of hydrogen-bond donors (Lipinski definition) is 1. The summed E-state index contributed by atoms with van der Waals surface area (Å²) < 4.78 is 5.34. The van der Waals surface area contributed by atoms with Crippen molar-refractivity contribution in [2.45, 2.75) is 52.0 Å². The lowest BCUT2D eigenvalue weighted by molar-refractivity contribution is 0.0611. The Morgan fingerprint density at radius 1 is 1.36 bits per heavy atom. The Morgan fingerprint density at radius 2 is 2.00 bits per heavy atom. The van der Waals surface area contributed by atoms with E-state index in [2.05, 4.69) is 13.8 Å². The minimum Gasteiger partial charge on any atom is -0.381 e. The quantitative estimate of drug-likeness (QED) is 0.738. The zero-order chi connectivity index (χ0) is 10.4. The summed E-state index contributed by atoms with van der Waals surface area (Å²) in [5, 5.41) is 0. The lowest BCUT2D eigenvalue weighted by Gasteiger charge is -2.25. The van der Waals surface area contributed by atoms with Gasteiger partial charge < -0.3 is 10.5 Å². The molecule has 2 atom stereocenters. The van der Waals surface area contributed by atoms with Crippen LogP contribution in [0.3, 0.4) is 0 Å². The Labute approximate surface area is 88.2 Å². The van der Waals surface area contributed by atoms with E-state index in [1.807, 2.05) is 0 Å². The molecule has 84 valence electrons. The summed E-state index contributed by atoms with van der Waals surface area (Å²) in [5.74, 6) is 1.60. The molecular formula is C12H25NO. The molecule has 1 rings (SSSR count). The minimum absolute atomic E-state index is 0.410. The van der Waals surface area contributed by atoms with E-state index in [0.717, 1.165) is 25.0 Å². The topological polar surface area (TPSA) is 35.2 Å². The number of rotatable bonds is 5. The van der Waals surface area contributed by atoms with Crippen LogP contribution in [0.4, 0.5) is 0 Å². The summed E-state index contributed by atoms with van der Waals surface area (Å²) in [7, 11) is 0. The second-order valence-corrected chi connectivity index (χ2v) is 4.80. The van der Waals surface area contributed by atoms with E-state index >= 15 is 0 Å². The molecule has 0 aromatic carbocycles. The standard InChI is InChI=1S/C12H25NO/c1-3-10(2)8-12(13)9-11-4-6-14-7-5-11/h10-12H,3-9,13H2,1-2H3. The van der Waals surface area contributed by atoms with Crippen molar-refractivity contribution >= 4 is 0 Å². The molecule has 0 spiro atoms. The second-order valence-electron chi connectivity index (χ2n) is 4.80. The van der Waals surface area contributed by atoms with Crippen molar-refractivity contribution in [2.24, 2.45) is 17.6 Å². The summed E-state index contributed by atoms with van der Waals surface area (Å²) in [6.07, 6.45) is 6.07. The Balaban J connectivity index is 2.14. The van der Waals surface area contributed by atoms with E-state index in [1.54, 1.807) is 0 Å². The van der Waals surface area contributed by atoms with Crippen molar-refractivity contribution < 1.29 is 4.74 Å². The van der Waals surface area contributed by atoms with Gasteiger partial charge in [-0.3, -0.25) is 0 Å². The van der Waals surface area contributed by atoms with Crippen LogP contribution in [0.5, 0.6) is 0 Å². The smallest absolute Gasteiger partial charge is 0.0468 e. The highest BCUT2D eigenvalue weighted by Crippen LogP contribution is 2.22. The average molecular weight is 199 g/mol. The maximum atomic E-state index is 6.14. The van der Waals surface area contributed by atoms with Gasteiger partial charge in [-0.1, -0.05) is 20.3 Å². The van der Waals surface area contributed by atoms with Gasteiger partial charge in [-0.2, -0.15) is 0 Å². The van der Waals surface area contributed by atoms with Gasteiger partial charge >= 0.3 is 0 Å². The number of nitrogens with two attached hydrogens (primary N) is 1. The van der Waals surface area contributed by atoms with Gasteiger partial charge in [0.05, 0.1) is 0 Å². The molecule has 1 aliphatic heterocycles. The highest BCUT2D eigenvalue weighted by molar-refractivity contribution is 4.72. The van der Waals surface area contributed by atoms with Crippen molar-refractivity contribution in [3.8, 4) is 0 Å². The van der Waals surface area contributed by atoms with E-state index in [1.165, 1.54) is 32.1 Å². The Kier molecular flexibility index (Phi) is 5.49. The van der Waals surface area contributed by atoms with Crippen LogP contribution >= 0.6 is 0 Å². The minimum atomic E-state index is 0.410. The largest absolute Gasteiger partial charge is 0.381 e. The molecule has 0 amide bonds. The van der Waals surface area contributed by atoms with Crippen LogP contribution in [0.25, 0.3) is 0 Å². The van der Waals surface area contributed by atoms with E-state index in [-0.39, 0.29) is 0 Å². The Morgan fingerprint density at radius 3 is 2.57 bits per heavy atom. The molecule has 0 aliphatic carbocycles. The van der Waals surface area contributed by atoms with Crippen LogP contribution in [-0.4, -0.2) is 19.3 Å². The molecule has 2 N–H and O–H groups in total. The maximum Gasteiger partial charge on any atom is 0.0468 e. The van der Waals surface area contributed by atoms with E-state index in [4.69, 9.17) is 10.5 Å².